The lowest BCUT2D eigenvalue weighted by molar-refractivity contribution is -0.305. The fourth-order valence-corrected chi connectivity index (χ4v) is 8.44. The third-order valence-corrected chi connectivity index (χ3v) is 13.0. The Morgan fingerprint density at radius 3 is 1.51 bits per heavy atom. The molecule has 6 N–H and O–H groups in total. The van der Waals surface area contributed by atoms with Crippen LogP contribution in [-0.4, -0.2) is 99.6 Å². The van der Waals surface area contributed by atoms with Crippen molar-refractivity contribution in [3.05, 3.63) is 85.1 Å². The lowest BCUT2D eigenvalue weighted by Crippen LogP contribution is -2.61. The van der Waals surface area contributed by atoms with Crippen LogP contribution in [0.5, 0.6) is 0 Å². The van der Waals surface area contributed by atoms with Crippen molar-refractivity contribution in [2.24, 2.45) is 0 Å². The number of aliphatic hydroxyl groups excluding tert-OH is 5. The molecule has 0 aliphatic carbocycles. The van der Waals surface area contributed by atoms with Crippen LogP contribution < -0.4 is 5.32 Å². The number of carbonyl (C=O) groups is 2. The molecule has 0 bridgehead atoms. The number of amides is 1. The van der Waals surface area contributed by atoms with Gasteiger partial charge in [-0.05, 0) is 96.3 Å². The van der Waals surface area contributed by atoms with Gasteiger partial charge in [-0.15, -0.1) is 0 Å². The zero-order valence-corrected chi connectivity index (χ0v) is 45.5. The molecular weight excluding hydrogens is 907 g/mol. The maximum absolute atomic E-state index is 13.4. The third kappa shape index (κ3) is 36.7. The highest BCUT2D eigenvalue weighted by molar-refractivity contribution is 5.80. The number of allylic oxidation sites excluding steroid dienone is 13. The second-order valence-corrected chi connectivity index (χ2v) is 19.6. The molecule has 8 unspecified atom stereocenters. The second-order valence-electron chi connectivity index (χ2n) is 19.6. The van der Waals surface area contributed by atoms with Gasteiger partial charge in [-0.1, -0.05) is 209 Å². The summed E-state index contributed by atoms with van der Waals surface area (Å²) in [5, 5.41) is 56.7. The maximum atomic E-state index is 13.4. The normalized spacial score (nSPS) is 20.1. The SMILES string of the molecule is CC/C=C\C/C=C\C/C=C\C/C=C\C/C=C\CCCCC(O)C(=O)NC(COC1OC(CO)C(O)C(O)C1OC(=O)CCCCC/C=C\CCCCCCCCC)C(O)/C=C/CCCCCCCCCCC. The van der Waals surface area contributed by atoms with Gasteiger partial charge in [0.1, 0.15) is 24.4 Å². The van der Waals surface area contributed by atoms with Crippen LogP contribution in [0, 0.1) is 0 Å². The second kappa shape index (κ2) is 48.8. The number of esters is 1. The summed E-state index contributed by atoms with van der Waals surface area (Å²) < 4.78 is 17.5. The lowest BCUT2D eigenvalue weighted by Gasteiger charge is -2.41. The molecular formula is C61H105NO10. The highest BCUT2D eigenvalue weighted by Crippen LogP contribution is 2.26. The van der Waals surface area contributed by atoms with Gasteiger partial charge in [0, 0.05) is 6.42 Å². The number of carbonyl (C=O) groups excluding carboxylic acids is 2. The average Bonchev–Trinajstić information content (AvgIpc) is 3.38. The lowest BCUT2D eigenvalue weighted by atomic mass is 9.99. The van der Waals surface area contributed by atoms with Crippen molar-refractivity contribution in [2.45, 2.75) is 275 Å². The molecule has 1 amide bonds. The van der Waals surface area contributed by atoms with Crippen LogP contribution in [0.25, 0.3) is 0 Å². The predicted octanol–water partition coefficient (Wildman–Crippen LogP) is 13.0. The van der Waals surface area contributed by atoms with Crippen molar-refractivity contribution in [3.8, 4) is 0 Å². The van der Waals surface area contributed by atoms with Gasteiger partial charge in [0.15, 0.2) is 12.4 Å². The van der Waals surface area contributed by atoms with E-state index in [0.717, 1.165) is 96.3 Å². The van der Waals surface area contributed by atoms with E-state index in [-0.39, 0.29) is 19.4 Å². The first kappa shape index (κ1) is 66.9. The standard InChI is InChI=1S/C61H105NO10/c1-4-7-10-13-16-19-22-24-26-27-28-29-30-33-36-39-42-45-48-54(65)60(69)62-52(53(64)47-44-41-38-35-32-21-18-15-12-9-6-3)51-70-61-59(58(68)57(67)55(50-63)71-61)72-56(66)49-46-43-40-37-34-31-25-23-20-17-14-11-8-5-2/h7,10,16,19,24,26,28-29,31,33-34,36,44,47,52-55,57-59,61,63-65,67-68H,4-6,8-9,11-15,17-18,20-23,25,27,30,32,35,37-43,45-46,48-51H2,1-3H3,(H,62,69)/b10-7-,19-16-,26-24-,29-28-,34-31-,36-33-,47-44+. The highest BCUT2D eigenvalue weighted by Gasteiger charge is 2.47. The van der Waals surface area contributed by atoms with E-state index in [0.29, 0.717) is 12.8 Å². The van der Waals surface area contributed by atoms with E-state index in [4.69, 9.17) is 14.2 Å². The minimum absolute atomic E-state index is 0.0958. The number of hydrogen-bond acceptors (Lipinski definition) is 10. The predicted molar refractivity (Wildman–Crippen MR) is 296 cm³/mol. The number of ether oxygens (including phenoxy) is 3. The number of rotatable bonds is 47. The molecule has 0 aromatic heterocycles. The quantitative estimate of drug-likeness (QED) is 0.0196. The molecule has 11 heteroatoms. The minimum atomic E-state index is -1.63. The molecule has 1 rings (SSSR count). The fourth-order valence-electron chi connectivity index (χ4n) is 8.44. The van der Waals surface area contributed by atoms with E-state index in [1.807, 2.05) is 6.08 Å². The molecule has 0 aromatic carbocycles. The van der Waals surface area contributed by atoms with E-state index in [2.05, 4.69) is 99.0 Å². The molecule has 1 saturated heterocycles. The van der Waals surface area contributed by atoms with Gasteiger partial charge in [0.2, 0.25) is 5.91 Å². The Morgan fingerprint density at radius 2 is 1.00 bits per heavy atom. The summed E-state index contributed by atoms with van der Waals surface area (Å²) in [6.07, 6.45) is 52.0. The van der Waals surface area contributed by atoms with Crippen LogP contribution in [0.2, 0.25) is 0 Å². The molecule has 1 heterocycles. The molecule has 1 aliphatic heterocycles. The fraction of sp³-hybridized carbons (Fsp3) is 0.738. The highest BCUT2D eigenvalue weighted by atomic mass is 16.7. The van der Waals surface area contributed by atoms with Crippen molar-refractivity contribution in [1.29, 1.82) is 0 Å². The van der Waals surface area contributed by atoms with Crippen molar-refractivity contribution in [2.75, 3.05) is 13.2 Å². The largest absolute Gasteiger partial charge is 0.454 e. The molecule has 0 aromatic rings. The first-order chi connectivity index (χ1) is 35.2. The maximum Gasteiger partial charge on any atom is 0.306 e. The topological polar surface area (TPSA) is 175 Å². The van der Waals surface area contributed by atoms with Crippen molar-refractivity contribution < 1.29 is 49.3 Å². The van der Waals surface area contributed by atoms with Crippen LogP contribution >= 0.6 is 0 Å². The number of unbranched alkanes of at least 4 members (excludes halogenated alkanes) is 21. The van der Waals surface area contributed by atoms with Gasteiger partial charge in [-0.2, -0.15) is 0 Å². The molecule has 0 saturated carbocycles. The van der Waals surface area contributed by atoms with E-state index in [1.165, 1.54) is 83.5 Å². The average molecular weight is 1010 g/mol. The summed E-state index contributed by atoms with van der Waals surface area (Å²) in [5.74, 6) is -1.25. The molecule has 72 heavy (non-hydrogen) atoms. The van der Waals surface area contributed by atoms with Crippen LogP contribution in [0.1, 0.15) is 226 Å². The Balaban J connectivity index is 2.76. The summed E-state index contributed by atoms with van der Waals surface area (Å²) in [7, 11) is 0. The molecule has 414 valence electrons. The van der Waals surface area contributed by atoms with Crippen molar-refractivity contribution in [1.82, 2.24) is 5.32 Å². The van der Waals surface area contributed by atoms with Gasteiger partial charge in [0.25, 0.3) is 0 Å². The molecule has 1 aliphatic rings. The van der Waals surface area contributed by atoms with Gasteiger partial charge in [-0.3, -0.25) is 9.59 Å². The molecule has 0 spiro atoms. The van der Waals surface area contributed by atoms with Crippen LogP contribution in [0.15, 0.2) is 85.1 Å². The van der Waals surface area contributed by atoms with Gasteiger partial charge in [-0.25, -0.2) is 0 Å². The zero-order valence-electron chi connectivity index (χ0n) is 45.5. The summed E-state index contributed by atoms with van der Waals surface area (Å²) in [5.41, 5.74) is 0. The van der Waals surface area contributed by atoms with E-state index >= 15 is 0 Å². The Hall–Kier alpha value is -3.16. The summed E-state index contributed by atoms with van der Waals surface area (Å²) in [4.78, 5) is 26.4. The molecule has 0 radical (unpaired) electrons. The van der Waals surface area contributed by atoms with E-state index < -0.39 is 67.4 Å². The van der Waals surface area contributed by atoms with Crippen LogP contribution in [-0.2, 0) is 23.8 Å². The Morgan fingerprint density at radius 1 is 0.556 bits per heavy atom. The van der Waals surface area contributed by atoms with E-state index in [9.17, 15) is 35.1 Å². The number of nitrogens with one attached hydrogen (secondary N) is 1. The summed E-state index contributed by atoms with van der Waals surface area (Å²) >= 11 is 0. The van der Waals surface area contributed by atoms with Gasteiger partial charge >= 0.3 is 5.97 Å². The zero-order chi connectivity index (χ0) is 52.5. The first-order valence-electron chi connectivity index (χ1n) is 28.9. The van der Waals surface area contributed by atoms with Crippen molar-refractivity contribution in [3.63, 3.8) is 0 Å². The Kier molecular flexibility index (Phi) is 45.3. The van der Waals surface area contributed by atoms with Gasteiger partial charge in [0.05, 0.1) is 25.4 Å². The summed E-state index contributed by atoms with van der Waals surface area (Å²) in [6, 6.07) is -1.05. The molecule has 8 atom stereocenters. The molecule has 1 fully saturated rings. The smallest absolute Gasteiger partial charge is 0.306 e. The monoisotopic (exact) mass is 1010 g/mol. The minimum Gasteiger partial charge on any atom is -0.454 e. The van der Waals surface area contributed by atoms with Crippen LogP contribution in [0.3, 0.4) is 0 Å². The third-order valence-electron chi connectivity index (χ3n) is 13.0. The number of hydrogen-bond donors (Lipinski definition) is 6. The summed E-state index contributed by atoms with van der Waals surface area (Å²) in [6.45, 7) is 5.61. The Labute approximate surface area is 438 Å². The molecule has 11 nitrogen and oxygen atoms in total. The van der Waals surface area contributed by atoms with E-state index in [1.54, 1.807) is 6.08 Å². The van der Waals surface area contributed by atoms with Crippen LogP contribution in [0.4, 0.5) is 0 Å². The Bertz CT molecular complexity index is 1490. The number of aliphatic hydroxyl groups is 5. The van der Waals surface area contributed by atoms with Gasteiger partial charge < -0.3 is 45.1 Å². The van der Waals surface area contributed by atoms with Crippen molar-refractivity contribution >= 4 is 11.9 Å². The first-order valence-corrected chi connectivity index (χ1v) is 28.9.